The van der Waals surface area contributed by atoms with Crippen LogP contribution in [-0.2, 0) is 14.6 Å². The molecule has 0 spiro atoms. The normalized spacial score (nSPS) is 23.0. The van der Waals surface area contributed by atoms with Crippen molar-refractivity contribution in [1.82, 2.24) is 15.1 Å². The zero-order valence-electron chi connectivity index (χ0n) is 18.0. The number of carbonyl (C=O) groups excluding carboxylic acids is 1. The summed E-state index contributed by atoms with van der Waals surface area (Å²) in [6.45, 7) is 5.11. The van der Waals surface area contributed by atoms with Crippen LogP contribution in [0.25, 0.3) is 0 Å². The molecule has 0 aliphatic carbocycles. The van der Waals surface area contributed by atoms with Gasteiger partial charge in [-0.15, -0.1) is 0 Å². The largest absolute Gasteiger partial charge is 0.344 e. The molecule has 2 heterocycles. The second-order valence-corrected chi connectivity index (χ2v) is 10.8. The predicted octanol–water partition coefficient (Wildman–Crippen LogP) is 2.09. The molecular weight excluding hydrogens is 410 g/mol. The quantitative estimate of drug-likeness (QED) is 0.743. The lowest BCUT2D eigenvalue weighted by molar-refractivity contribution is -0.127. The number of nitrogens with one attached hydrogen (secondary N) is 1. The maximum atomic E-state index is 13.2. The molecule has 31 heavy (non-hydrogen) atoms. The Balaban J connectivity index is 1.38. The molecule has 2 aromatic rings. The lowest BCUT2D eigenvalue weighted by atomic mass is 9.98. The molecule has 2 aliphatic rings. The second kappa shape index (κ2) is 9.51. The van der Waals surface area contributed by atoms with Gasteiger partial charge in [-0.3, -0.25) is 14.6 Å². The van der Waals surface area contributed by atoms with Gasteiger partial charge in [0.05, 0.1) is 23.6 Å². The van der Waals surface area contributed by atoms with Gasteiger partial charge in [-0.05, 0) is 24.5 Å². The van der Waals surface area contributed by atoms with Crippen LogP contribution in [0.15, 0.2) is 60.7 Å². The van der Waals surface area contributed by atoms with E-state index >= 15 is 0 Å². The van der Waals surface area contributed by atoms with E-state index in [9.17, 15) is 13.2 Å². The molecule has 4 rings (SSSR count). The number of carbonyl (C=O) groups is 1. The summed E-state index contributed by atoms with van der Waals surface area (Å²) in [5, 5.41) is 3.25. The minimum atomic E-state index is -2.87. The van der Waals surface area contributed by atoms with Crippen LogP contribution in [0, 0.1) is 0 Å². The molecule has 7 heteroatoms. The van der Waals surface area contributed by atoms with Crippen LogP contribution < -0.4 is 5.32 Å². The minimum Gasteiger partial charge on any atom is -0.344 e. The maximum Gasteiger partial charge on any atom is 0.237 e. The number of hydrogen-bond acceptors (Lipinski definition) is 5. The highest BCUT2D eigenvalue weighted by Crippen LogP contribution is 2.23. The Labute approximate surface area is 185 Å². The smallest absolute Gasteiger partial charge is 0.237 e. The van der Waals surface area contributed by atoms with Gasteiger partial charge in [-0.25, -0.2) is 8.42 Å². The van der Waals surface area contributed by atoms with Crippen molar-refractivity contribution in [2.75, 3.05) is 37.7 Å². The highest BCUT2D eigenvalue weighted by molar-refractivity contribution is 7.91. The molecule has 2 aliphatic heterocycles. The molecule has 2 saturated heterocycles. The summed E-state index contributed by atoms with van der Waals surface area (Å²) in [5.74, 6) is 0.588. The standard InChI is InChI=1S/C24H31N3O3S/c1-19(26-13-15-27(16-14-26)22-12-17-31(29,30)18-22)24(28)25-23(20-8-4-2-5-9-20)21-10-6-3-7-11-21/h2-11,19,22-23H,12-18H2,1H3,(H,25,28)/t19-,22+/m0/s1. The van der Waals surface area contributed by atoms with Crippen molar-refractivity contribution in [2.24, 2.45) is 0 Å². The Kier molecular flexibility index (Phi) is 6.74. The van der Waals surface area contributed by atoms with Gasteiger partial charge in [0.2, 0.25) is 5.91 Å². The number of sulfone groups is 1. The molecule has 0 bridgehead atoms. The van der Waals surface area contributed by atoms with Crippen LogP contribution in [0.5, 0.6) is 0 Å². The average molecular weight is 442 g/mol. The number of hydrogen-bond donors (Lipinski definition) is 1. The van der Waals surface area contributed by atoms with Crippen molar-refractivity contribution in [2.45, 2.75) is 31.5 Å². The van der Waals surface area contributed by atoms with E-state index in [0.29, 0.717) is 5.75 Å². The van der Waals surface area contributed by atoms with E-state index in [2.05, 4.69) is 15.1 Å². The third-order valence-corrected chi connectivity index (χ3v) is 8.30. The topological polar surface area (TPSA) is 69.7 Å². The first-order valence-corrected chi connectivity index (χ1v) is 12.8. The van der Waals surface area contributed by atoms with Gasteiger partial charge in [0.25, 0.3) is 0 Å². The van der Waals surface area contributed by atoms with Gasteiger partial charge < -0.3 is 5.32 Å². The first-order chi connectivity index (χ1) is 14.9. The summed E-state index contributed by atoms with van der Waals surface area (Å²) >= 11 is 0. The molecule has 0 saturated carbocycles. The van der Waals surface area contributed by atoms with E-state index in [1.807, 2.05) is 67.6 Å². The highest BCUT2D eigenvalue weighted by Gasteiger charge is 2.35. The van der Waals surface area contributed by atoms with Crippen LogP contribution in [0.1, 0.15) is 30.5 Å². The third-order valence-electron chi connectivity index (χ3n) is 6.55. The molecule has 166 valence electrons. The van der Waals surface area contributed by atoms with E-state index in [1.165, 1.54) is 0 Å². The van der Waals surface area contributed by atoms with Crippen molar-refractivity contribution in [3.63, 3.8) is 0 Å². The number of amides is 1. The second-order valence-electron chi connectivity index (χ2n) is 8.57. The third kappa shape index (κ3) is 5.34. The van der Waals surface area contributed by atoms with Crippen LogP contribution in [0.2, 0.25) is 0 Å². The highest BCUT2D eigenvalue weighted by atomic mass is 32.2. The van der Waals surface area contributed by atoms with E-state index in [1.54, 1.807) is 0 Å². The fourth-order valence-corrected chi connectivity index (χ4v) is 6.39. The van der Waals surface area contributed by atoms with E-state index in [4.69, 9.17) is 0 Å². The lowest BCUT2D eigenvalue weighted by Gasteiger charge is -2.40. The van der Waals surface area contributed by atoms with Crippen molar-refractivity contribution < 1.29 is 13.2 Å². The van der Waals surface area contributed by atoms with Gasteiger partial charge in [0.1, 0.15) is 0 Å². The number of nitrogens with zero attached hydrogens (tertiary/aromatic N) is 2. The molecule has 1 amide bonds. The Morgan fingerprint density at radius 1 is 0.935 bits per heavy atom. The van der Waals surface area contributed by atoms with Crippen molar-refractivity contribution in [3.05, 3.63) is 71.8 Å². The Hall–Kier alpha value is -2.22. The molecule has 2 aromatic carbocycles. The number of piperazine rings is 1. The monoisotopic (exact) mass is 441 g/mol. The molecule has 0 aromatic heterocycles. The average Bonchev–Trinajstić information content (AvgIpc) is 3.17. The van der Waals surface area contributed by atoms with E-state index < -0.39 is 9.84 Å². The molecule has 1 N–H and O–H groups in total. The first kappa shape index (κ1) is 22.0. The lowest BCUT2D eigenvalue weighted by Crippen LogP contribution is -2.56. The Morgan fingerprint density at radius 3 is 1.97 bits per heavy atom. The van der Waals surface area contributed by atoms with Crippen molar-refractivity contribution >= 4 is 15.7 Å². The van der Waals surface area contributed by atoms with Crippen LogP contribution >= 0.6 is 0 Å². The predicted molar refractivity (Wildman–Crippen MR) is 123 cm³/mol. The Morgan fingerprint density at radius 2 is 1.48 bits per heavy atom. The molecule has 6 nitrogen and oxygen atoms in total. The summed E-state index contributed by atoms with van der Waals surface area (Å²) in [4.78, 5) is 17.7. The SMILES string of the molecule is C[C@@H](C(=O)NC(c1ccccc1)c1ccccc1)N1CCN([C@@H]2CCS(=O)(=O)C2)CC1. The zero-order chi connectivity index (χ0) is 21.8. The summed E-state index contributed by atoms with van der Waals surface area (Å²) in [7, 11) is -2.87. The maximum absolute atomic E-state index is 13.2. The van der Waals surface area contributed by atoms with Gasteiger partial charge in [-0.2, -0.15) is 0 Å². The molecule has 0 unspecified atom stereocenters. The van der Waals surface area contributed by atoms with Gasteiger partial charge in [0, 0.05) is 32.2 Å². The van der Waals surface area contributed by atoms with Gasteiger partial charge >= 0.3 is 0 Å². The summed E-state index contributed by atoms with van der Waals surface area (Å²) in [6.07, 6.45) is 0.730. The molecular formula is C24H31N3O3S. The fourth-order valence-electron chi connectivity index (χ4n) is 4.63. The number of rotatable bonds is 6. The van der Waals surface area contributed by atoms with Crippen LogP contribution in [0.3, 0.4) is 0 Å². The summed E-state index contributed by atoms with van der Waals surface area (Å²) < 4.78 is 23.6. The van der Waals surface area contributed by atoms with Crippen molar-refractivity contribution in [3.8, 4) is 0 Å². The van der Waals surface area contributed by atoms with E-state index in [0.717, 1.165) is 43.7 Å². The Bertz CT molecular complexity index is 934. The van der Waals surface area contributed by atoms with Gasteiger partial charge in [-0.1, -0.05) is 60.7 Å². The van der Waals surface area contributed by atoms with E-state index in [-0.39, 0.29) is 29.8 Å². The minimum absolute atomic E-state index is 0.00889. The summed E-state index contributed by atoms with van der Waals surface area (Å²) in [5.41, 5.74) is 2.11. The molecule has 2 atom stereocenters. The van der Waals surface area contributed by atoms with Crippen LogP contribution in [0.4, 0.5) is 0 Å². The van der Waals surface area contributed by atoms with Crippen molar-refractivity contribution in [1.29, 1.82) is 0 Å². The molecule has 2 fully saturated rings. The van der Waals surface area contributed by atoms with Gasteiger partial charge in [0.15, 0.2) is 9.84 Å². The van der Waals surface area contributed by atoms with Crippen LogP contribution in [-0.4, -0.2) is 73.9 Å². The number of benzene rings is 2. The zero-order valence-corrected chi connectivity index (χ0v) is 18.8. The summed E-state index contributed by atoms with van der Waals surface area (Å²) in [6, 6.07) is 19.8. The molecule has 0 radical (unpaired) electrons. The first-order valence-electron chi connectivity index (χ1n) is 11.0. The fraction of sp³-hybridized carbons (Fsp3) is 0.458.